The predicted molar refractivity (Wildman–Crippen MR) is 105 cm³/mol. The third-order valence-electron chi connectivity index (χ3n) is 4.34. The Balaban J connectivity index is 1.96. The molecule has 3 rings (SSSR count). The maximum atomic E-state index is 12.9. The molecule has 1 aromatic heterocycles. The number of hydrogen-bond acceptors (Lipinski definition) is 4. The van der Waals surface area contributed by atoms with Gasteiger partial charge in [0.2, 0.25) is 5.43 Å². The molecular weight excluding hydrogens is 366 g/mol. The molecule has 27 heavy (non-hydrogen) atoms. The first kappa shape index (κ1) is 18.9. The average Bonchev–Trinajstić information content (AvgIpc) is 2.68. The summed E-state index contributed by atoms with van der Waals surface area (Å²) in [5.41, 5.74) is 1.05. The molecule has 6 nitrogen and oxygen atoms in total. The van der Waals surface area contributed by atoms with Crippen LogP contribution in [0.15, 0.2) is 47.3 Å². The number of aryl methyl sites for hydroxylation is 1. The molecule has 7 heteroatoms. The van der Waals surface area contributed by atoms with Crippen molar-refractivity contribution >= 4 is 28.4 Å². The van der Waals surface area contributed by atoms with Crippen molar-refractivity contribution in [1.82, 2.24) is 14.7 Å². The van der Waals surface area contributed by atoms with Gasteiger partial charge in [-0.2, -0.15) is 5.10 Å². The third-order valence-corrected chi connectivity index (χ3v) is 4.58. The quantitative estimate of drug-likeness (QED) is 0.675. The van der Waals surface area contributed by atoms with Crippen molar-refractivity contribution in [3.63, 3.8) is 0 Å². The SMILES string of the molecule is CCn1nc(C(=O)N(C)Cc2ccc(OC)cc2)c(=O)c2cc(Cl)ccc21. The highest BCUT2D eigenvalue weighted by molar-refractivity contribution is 6.31. The summed E-state index contributed by atoms with van der Waals surface area (Å²) in [6, 6.07) is 12.4. The fraction of sp³-hybridized carbons (Fsp3) is 0.250. The van der Waals surface area contributed by atoms with E-state index in [0.29, 0.717) is 29.0 Å². The molecule has 0 N–H and O–H groups in total. The lowest BCUT2D eigenvalue weighted by Gasteiger charge is -2.18. The Morgan fingerprint density at radius 2 is 1.93 bits per heavy atom. The monoisotopic (exact) mass is 385 g/mol. The van der Waals surface area contributed by atoms with Crippen LogP contribution in [0.2, 0.25) is 5.02 Å². The van der Waals surface area contributed by atoms with Gasteiger partial charge in [0.25, 0.3) is 5.91 Å². The molecule has 0 unspecified atom stereocenters. The van der Waals surface area contributed by atoms with Gasteiger partial charge in [0.1, 0.15) is 5.75 Å². The number of carbonyl (C=O) groups is 1. The number of rotatable bonds is 5. The number of benzene rings is 2. The largest absolute Gasteiger partial charge is 0.497 e. The van der Waals surface area contributed by atoms with Crippen LogP contribution >= 0.6 is 11.6 Å². The number of halogens is 1. The summed E-state index contributed by atoms with van der Waals surface area (Å²) in [6.07, 6.45) is 0. The fourth-order valence-corrected chi connectivity index (χ4v) is 3.07. The van der Waals surface area contributed by atoms with Crippen LogP contribution in [-0.4, -0.2) is 34.7 Å². The molecular formula is C20H20ClN3O3. The molecule has 0 spiro atoms. The number of ether oxygens (including phenoxy) is 1. The highest BCUT2D eigenvalue weighted by Gasteiger charge is 2.21. The second kappa shape index (κ2) is 7.80. The molecule has 1 amide bonds. The normalized spacial score (nSPS) is 10.8. The van der Waals surface area contributed by atoms with Crippen LogP contribution in [-0.2, 0) is 13.1 Å². The Bertz CT molecular complexity index is 1040. The van der Waals surface area contributed by atoms with Gasteiger partial charge in [-0.3, -0.25) is 14.3 Å². The van der Waals surface area contributed by atoms with E-state index in [2.05, 4.69) is 5.10 Å². The Morgan fingerprint density at radius 1 is 1.22 bits per heavy atom. The zero-order valence-electron chi connectivity index (χ0n) is 15.4. The van der Waals surface area contributed by atoms with Crippen molar-refractivity contribution < 1.29 is 9.53 Å². The molecule has 0 aliphatic heterocycles. The molecule has 3 aromatic rings. The first-order valence-electron chi connectivity index (χ1n) is 8.53. The molecule has 2 aromatic carbocycles. The van der Waals surface area contributed by atoms with E-state index in [9.17, 15) is 9.59 Å². The highest BCUT2D eigenvalue weighted by atomic mass is 35.5. The van der Waals surface area contributed by atoms with Gasteiger partial charge < -0.3 is 9.64 Å². The predicted octanol–water partition coefficient (Wildman–Crippen LogP) is 3.35. The average molecular weight is 386 g/mol. The van der Waals surface area contributed by atoms with Crippen molar-refractivity contribution in [3.05, 3.63) is 69.0 Å². The zero-order chi connectivity index (χ0) is 19.6. The Hall–Kier alpha value is -2.86. The second-order valence-electron chi connectivity index (χ2n) is 6.16. The lowest BCUT2D eigenvalue weighted by Crippen LogP contribution is -2.33. The molecule has 0 aliphatic carbocycles. The minimum atomic E-state index is -0.431. The number of hydrogen-bond donors (Lipinski definition) is 0. The van der Waals surface area contributed by atoms with Gasteiger partial charge >= 0.3 is 0 Å². The Kier molecular flexibility index (Phi) is 5.46. The van der Waals surface area contributed by atoms with Crippen molar-refractivity contribution in [1.29, 1.82) is 0 Å². The summed E-state index contributed by atoms with van der Waals surface area (Å²) >= 11 is 6.04. The highest BCUT2D eigenvalue weighted by Crippen LogP contribution is 2.17. The van der Waals surface area contributed by atoms with E-state index in [1.807, 2.05) is 31.2 Å². The van der Waals surface area contributed by atoms with Crippen molar-refractivity contribution in [2.24, 2.45) is 0 Å². The first-order valence-corrected chi connectivity index (χ1v) is 8.91. The standard InChI is InChI=1S/C20H20ClN3O3/c1-4-24-17-10-7-14(21)11-16(17)19(25)18(22-24)20(26)23(2)12-13-5-8-15(27-3)9-6-13/h5-11H,4,12H2,1-3H3. The van der Waals surface area contributed by atoms with E-state index < -0.39 is 11.3 Å². The second-order valence-corrected chi connectivity index (χ2v) is 6.60. The molecule has 0 radical (unpaired) electrons. The van der Waals surface area contributed by atoms with E-state index in [4.69, 9.17) is 16.3 Å². The van der Waals surface area contributed by atoms with E-state index in [-0.39, 0.29) is 5.69 Å². The lowest BCUT2D eigenvalue weighted by atomic mass is 10.1. The third kappa shape index (κ3) is 3.80. The van der Waals surface area contributed by atoms with E-state index >= 15 is 0 Å². The molecule has 0 saturated carbocycles. The fourth-order valence-electron chi connectivity index (χ4n) is 2.90. The minimum absolute atomic E-state index is 0.109. The van der Waals surface area contributed by atoms with Gasteiger partial charge in [0.15, 0.2) is 5.69 Å². The van der Waals surface area contributed by atoms with Crippen LogP contribution in [0.5, 0.6) is 5.75 Å². The smallest absolute Gasteiger partial charge is 0.278 e. The van der Waals surface area contributed by atoms with Crippen LogP contribution < -0.4 is 10.2 Å². The maximum absolute atomic E-state index is 12.9. The van der Waals surface area contributed by atoms with E-state index in [0.717, 1.165) is 11.3 Å². The first-order chi connectivity index (χ1) is 12.9. The molecule has 0 saturated heterocycles. The van der Waals surface area contributed by atoms with Gasteiger partial charge in [-0.15, -0.1) is 0 Å². The number of nitrogens with zero attached hydrogens (tertiary/aromatic N) is 3. The van der Waals surface area contributed by atoms with Gasteiger partial charge in [-0.05, 0) is 42.8 Å². The van der Waals surface area contributed by atoms with Crippen molar-refractivity contribution in [2.45, 2.75) is 20.0 Å². The Morgan fingerprint density at radius 3 is 2.56 bits per heavy atom. The van der Waals surface area contributed by atoms with Crippen LogP contribution in [0.3, 0.4) is 0 Å². The van der Waals surface area contributed by atoms with Crippen molar-refractivity contribution in [3.8, 4) is 5.75 Å². The summed E-state index contributed by atoms with van der Waals surface area (Å²) in [5, 5.41) is 5.12. The molecule has 0 bridgehead atoms. The summed E-state index contributed by atoms with van der Waals surface area (Å²) < 4.78 is 6.78. The van der Waals surface area contributed by atoms with E-state index in [1.54, 1.807) is 37.0 Å². The van der Waals surface area contributed by atoms with E-state index in [1.165, 1.54) is 4.90 Å². The Labute approximate surface area is 161 Å². The van der Waals surface area contributed by atoms with Gasteiger partial charge in [0, 0.05) is 25.2 Å². The number of carbonyl (C=O) groups excluding carboxylic acids is 1. The summed E-state index contributed by atoms with van der Waals surface area (Å²) in [7, 11) is 3.24. The summed E-state index contributed by atoms with van der Waals surface area (Å²) in [4.78, 5) is 27.2. The molecule has 0 aliphatic rings. The zero-order valence-corrected chi connectivity index (χ0v) is 16.2. The lowest BCUT2D eigenvalue weighted by molar-refractivity contribution is 0.0775. The van der Waals surface area contributed by atoms with Crippen LogP contribution in [0.4, 0.5) is 0 Å². The van der Waals surface area contributed by atoms with Crippen LogP contribution in [0.25, 0.3) is 10.9 Å². The van der Waals surface area contributed by atoms with Crippen LogP contribution in [0.1, 0.15) is 23.0 Å². The molecule has 0 atom stereocenters. The number of methoxy groups -OCH3 is 1. The number of aromatic nitrogens is 2. The molecule has 1 heterocycles. The summed E-state index contributed by atoms with van der Waals surface area (Å²) in [5.74, 6) is 0.312. The van der Waals surface area contributed by atoms with Gasteiger partial charge in [-0.25, -0.2) is 0 Å². The summed E-state index contributed by atoms with van der Waals surface area (Å²) in [6.45, 7) is 2.78. The van der Waals surface area contributed by atoms with Gasteiger partial charge in [0.05, 0.1) is 18.0 Å². The van der Waals surface area contributed by atoms with Gasteiger partial charge in [-0.1, -0.05) is 23.7 Å². The molecule has 0 fully saturated rings. The molecule has 140 valence electrons. The number of fused-ring (bicyclic) bond motifs is 1. The maximum Gasteiger partial charge on any atom is 0.278 e. The minimum Gasteiger partial charge on any atom is -0.497 e. The van der Waals surface area contributed by atoms with Crippen LogP contribution in [0, 0.1) is 0 Å². The van der Waals surface area contributed by atoms with Crippen molar-refractivity contribution in [2.75, 3.05) is 14.2 Å². The topological polar surface area (TPSA) is 64.4 Å². The number of amides is 1.